The Morgan fingerprint density at radius 1 is 1.00 bits per heavy atom. The molecule has 0 spiro atoms. The second-order valence-corrected chi connectivity index (χ2v) is 12.4. The van der Waals surface area contributed by atoms with Gasteiger partial charge in [-0.05, 0) is 102 Å². The third kappa shape index (κ3) is 5.94. The van der Waals surface area contributed by atoms with Gasteiger partial charge in [-0.2, -0.15) is 16.3 Å². The van der Waals surface area contributed by atoms with Crippen LogP contribution in [0.4, 0.5) is 11.6 Å². The van der Waals surface area contributed by atoms with Crippen molar-refractivity contribution in [2.45, 2.75) is 32.4 Å². The second kappa shape index (κ2) is 12.1. The van der Waals surface area contributed by atoms with Crippen LogP contribution in [0.5, 0.6) is 5.75 Å². The van der Waals surface area contributed by atoms with Gasteiger partial charge in [0.15, 0.2) is 0 Å². The highest BCUT2D eigenvalue weighted by atomic mass is 32.1. The number of rotatable bonds is 8. The topological polar surface area (TPSA) is 94.0 Å². The second-order valence-electron chi connectivity index (χ2n) is 10.6. The number of hydrogen-bond donors (Lipinski definition) is 2. The van der Waals surface area contributed by atoms with Crippen LogP contribution in [0.3, 0.4) is 0 Å². The van der Waals surface area contributed by atoms with Crippen molar-refractivity contribution in [2.75, 3.05) is 18.4 Å². The van der Waals surface area contributed by atoms with Crippen LogP contribution >= 0.6 is 22.7 Å². The number of nitrogens with zero attached hydrogens (tertiary/aromatic N) is 4. The van der Waals surface area contributed by atoms with E-state index in [0.717, 1.165) is 64.5 Å². The van der Waals surface area contributed by atoms with Gasteiger partial charge in [-0.15, -0.1) is 11.3 Å². The van der Waals surface area contributed by atoms with Gasteiger partial charge < -0.3 is 15.4 Å². The number of nitrogens with one attached hydrogen (secondary N) is 2. The molecule has 1 fully saturated rings. The predicted octanol–water partition coefficient (Wildman–Crippen LogP) is 6.87. The molecule has 8 nitrogen and oxygen atoms in total. The average molecular weight is 607 g/mol. The lowest BCUT2D eigenvalue weighted by atomic mass is 9.97. The Morgan fingerprint density at radius 2 is 1.86 bits per heavy atom. The minimum absolute atomic E-state index is 0.113. The van der Waals surface area contributed by atoms with Crippen molar-refractivity contribution in [1.82, 2.24) is 24.8 Å². The summed E-state index contributed by atoms with van der Waals surface area (Å²) in [6.07, 6.45) is 5.79. The molecule has 7 rings (SSSR count). The number of benzene rings is 2. The van der Waals surface area contributed by atoms with E-state index in [4.69, 9.17) is 9.72 Å². The standard InChI is InChI=1S/C33H30N6O2S2/c1-21-16-22(23-10-14-42-20-23)2-7-28(21)29-17-24-18-36-33(38-31(24)39(32(29)40)19-30-35-13-15-43-30)37-25-3-5-26(6-4-25)41-27-8-11-34-12-9-27/h2-7,10,13-18,20,27,34H,8-9,11-12,19H2,1H3,(H,36,37,38). The summed E-state index contributed by atoms with van der Waals surface area (Å²) in [6.45, 7) is 4.35. The molecule has 0 aliphatic carbocycles. The molecule has 0 atom stereocenters. The van der Waals surface area contributed by atoms with Crippen molar-refractivity contribution in [2.24, 2.45) is 0 Å². The van der Waals surface area contributed by atoms with Gasteiger partial charge in [-0.25, -0.2) is 9.97 Å². The third-order valence-electron chi connectivity index (χ3n) is 7.67. The molecule has 0 unspecified atom stereocenters. The smallest absolute Gasteiger partial charge is 0.260 e. The van der Waals surface area contributed by atoms with E-state index < -0.39 is 0 Å². The zero-order valence-corrected chi connectivity index (χ0v) is 25.3. The highest BCUT2D eigenvalue weighted by Gasteiger charge is 2.17. The Balaban J connectivity index is 1.22. The molecule has 0 bridgehead atoms. The number of aromatic nitrogens is 4. The predicted molar refractivity (Wildman–Crippen MR) is 175 cm³/mol. The lowest BCUT2D eigenvalue weighted by Crippen LogP contribution is -2.34. The molecule has 0 radical (unpaired) electrons. The third-order valence-corrected chi connectivity index (χ3v) is 9.12. The summed E-state index contributed by atoms with van der Waals surface area (Å²) >= 11 is 3.19. The molecule has 1 saturated heterocycles. The van der Waals surface area contributed by atoms with E-state index >= 15 is 0 Å². The fraction of sp³-hybridized carbons (Fsp3) is 0.212. The molecular weight excluding hydrogens is 577 g/mol. The number of ether oxygens (including phenoxy) is 1. The van der Waals surface area contributed by atoms with Crippen molar-refractivity contribution in [1.29, 1.82) is 0 Å². The number of aryl methyl sites for hydroxylation is 1. The van der Waals surface area contributed by atoms with Crippen LogP contribution in [-0.4, -0.2) is 38.7 Å². The number of anilines is 2. The number of fused-ring (bicyclic) bond motifs is 1. The van der Waals surface area contributed by atoms with Gasteiger partial charge in [0.2, 0.25) is 5.95 Å². The number of thiazole rings is 1. The Hall–Kier alpha value is -4.38. The Kier molecular flexibility index (Phi) is 7.71. The van der Waals surface area contributed by atoms with Crippen molar-refractivity contribution in [3.05, 3.63) is 104 Å². The SMILES string of the molecule is Cc1cc(-c2ccsc2)ccc1-c1cc2cnc(Nc3ccc(OC4CCNCC4)cc3)nc2n(Cc2nccs2)c1=O. The van der Waals surface area contributed by atoms with Crippen LogP contribution in [-0.2, 0) is 6.54 Å². The van der Waals surface area contributed by atoms with Gasteiger partial charge in [0, 0.05) is 34.4 Å². The first kappa shape index (κ1) is 27.5. The number of thiophene rings is 1. The van der Waals surface area contributed by atoms with E-state index in [1.165, 1.54) is 16.9 Å². The van der Waals surface area contributed by atoms with Crippen LogP contribution in [0.15, 0.2) is 87.9 Å². The van der Waals surface area contributed by atoms with Crippen molar-refractivity contribution in [3.63, 3.8) is 0 Å². The molecule has 10 heteroatoms. The molecule has 6 aromatic rings. The van der Waals surface area contributed by atoms with Gasteiger partial charge in [0.05, 0.1) is 6.54 Å². The first-order valence-corrected chi connectivity index (χ1v) is 16.1. The maximum absolute atomic E-state index is 14.1. The van der Waals surface area contributed by atoms with Gasteiger partial charge >= 0.3 is 0 Å². The maximum Gasteiger partial charge on any atom is 0.260 e. The Morgan fingerprint density at radius 3 is 2.60 bits per heavy atom. The summed E-state index contributed by atoms with van der Waals surface area (Å²) in [7, 11) is 0. The minimum atomic E-state index is -0.113. The first-order valence-electron chi connectivity index (χ1n) is 14.3. The number of piperidine rings is 1. The minimum Gasteiger partial charge on any atom is -0.490 e. The molecule has 1 aliphatic heterocycles. The fourth-order valence-corrected chi connectivity index (χ4v) is 6.72. The van der Waals surface area contributed by atoms with E-state index in [-0.39, 0.29) is 11.7 Å². The van der Waals surface area contributed by atoms with E-state index in [0.29, 0.717) is 23.7 Å². The lowest BCUT2D eigenvalue weighted by Gasteiger charge is -2.23. The summed E-state index contributed by atoms with van der Waals surface area (Å²) in [5.74, 6) is 1.26. The van der Waals surface area contributed by atoms with E-state index in [1.54, 1.807) is 28.3 Å². The molecule has 0 amide bonds. The van der Waals surface area contributed by atoms with Crippen molar-refractivity contribution >= 4 is 45.3 Å². The summed E-state index contributed by atoms with van der Waals surface area (Å²) in [5.41, 5.74) is 6.14. The summed E-state index contributed by atoms with van der Waals surface area (Å²) in [5, 5.41) is 14.4. The molecule has 2 N–H and O–H groups in total. The van der Waals surface area contributed by atoms with Gasteiger partial charge in [-0.3, -0.25) is 9.36 Å². The fourth-order valence-electron chi connectivity index (χ4n) is 5.45. The van der Waals surface area contributed by atoms with Crippen LogP contribution in [0, 0.1) is 6.92 Å². The van der Waals surface area contributed by atoms with Gasteiger partial charge in [-0.1, -0.05) is 18.2 Å². The van der Waals surface area contributed by atoms with Crippen LogP contribution in [0.1, 0.15) is 23.4 Å². The maximum atomic E-state index is 14.1. The van der Waals surface area contributed by atoms with Gasteiger partial charge in [0.1, 0.15) is 22.5 Å². The van der Waals surface area contributed by atoms with E-state index in [1.807, 2.05) is 48.7 Å². The van der Waals surface area contributed by atoms with Gasteiger partial charge in [0.25, 0.3) is 5.56 Å². The summed E-state index contributed by atoms with van der Waals surface area (Å²) in [4.78, 5) is 28.0. The van der Waals surface area contributed by atoms with Crippen LogP contribution in [0.25, 0.3) is 33.3 Å². The van der Waals surface area contributed by atoms with Crippen molar-refractivity contribution < 1.29 is 4.74 Å². The number of hydrogen-bond acceptors (Lipinski definition) is 9. The summed E-state index contributed by atoms with van der Waals surface area (Å²) < 4.78 is 7.84. The van der Waals surface area contributed by atoms with E-state index in [9.17, 15) is 4.79 Å². The summed E-state index contributed by atoms with van der Waals surface area (Å²) in [6, 6.07) is 18.1. The highest BCUT2D eigenvalue weighted by Crippen LogP contribution is 2.30. The Labute approximate surface area is 257 Å². The zero-order chi connectivity index (χ0) is 29.2. The van der Waals surface area contributed by atoms with Crippen LogP contribution < -0.4 is 20.9 Å². The first-order chi connectivity index (χ1) is 21.1. The molecule has 2 aromatic carbocycles. The molecular formula is C33H30N6O2S2. The zero-order valence-electron chi connectivity index (χ0n) is 23.6. The molecule has 43 heavy (non-hydrogen) atoms. The Bertz CT molecular complexity index is 1910. The van der Waals surface area contributed by atoms with Crippen LogP contribution in [0.2, 0.25) is 0 Å². The molecule has 0 saturated carbocycles. The average Bonchev–Trinajstić information content (AvgIpc) is 3.76. The molecule has 5 heterocycles. The molecule has 1 aliphatic rings. The number of pyridine rings is 1. The lowest BCUT2D eigenvalue weighted by molar-refractivity contribution is 0.162. The quantitative estimate of drug-likeness (QED) is 0.195. The highest BCUT2D eigenvalue weighted by molar-refractivity contribution is 7.09. The normalized spacial score (nSPS) is 13.8. The van der Waals surface area contributed by atoms with Crippen molar-refractivity contribution in [3.8, 4) is 28.0 Å². The molecule has 216 valence electrons. The molecule has 4 aromatic heterocycles. The monoisotopic (exact) mass is 606 g/mol. The van der Waals surface area contributed by atoms with E-state index in [2.05, 4.69) is 49.6 Å². The largest absolute Gasteiger partial charge is 0.490 e.